The van der Waals surface area contributed by atoms with Crippen molar-refractivity contribution >= 4 is 6.09 Å². The van der Waals surface area contributed by atoms with E-state index in [9.17, 15) is 4.79 Å². The van der Waals surface area contributed by atoms with Gasteiger partial charge in [-0.15, -0.1) is 6.58 Å². The molecule has 0 saturated heterocycles. The molecule has 0 fully saturated rings. The molecule has 1 N–H and O–H groups in total. The van der Waals surface area contributed by atoms with Crippen LogP contribution in [0.25, 0.3) is 11.1 Å². The van der Waals surface area contributed by atoms with E-state index in [2.05, 4.69) is 36.2 Å². The van der Waals surface area contributed by atoms with Crippen molar-refractivity contribution in [1.82, 2.24) is 5.32 Å². The molecule has 322 valence electrons. The Kier molecular flexibility index (Phi) is 29.6. The van der Waals surface area contributed by atoms with Crippen LogP contribution in [0.1, 0.15) is 17.0 Å². The zero-order valence-electron chi connectivity index (χ0n) is 33.6. The van der Waals surface area contributed by atoms with E-state index in [1.165, 1.54) is 22.3 Å². The maximum absolute atomic E-state index is 12.3. The highest BCUT2D eigenvalue weighted by Gasteiger charge is 2.28. The maximum Gasteiger partial charge on any atom is 0.407 e. The summed E-state index contributed by atoms with van der Waals surface area (Å²) in [7, 11) is 0. The van der Waals surface area contributed by atoms with E-state index in [0.29, 0.717) is 165 Å². The van der Waals surface area contributed by atoms with E-state index in [4.69, 9.17) is 61.6 Å². The summed E-state index contributed by atoms with van der Waals surface area (Å²) in [4.78, 5) is 12.3. The Labute approximate surface area is 338 Å². The summed E-state index contributed by atoms with van der Waals surface area (Å²) in [6.07, 6.45) is 1.26. The smallest absolute Gasteiger partial charge is 0.407 e. The largest absolute Gasteiger partial charge is 0.449 e. The molecule has 0 spiro atoms. The van der Waals surface area contributed by atoms with Gasteiger partial charge in [-0.1, -0.05) is 54.6 Å². The van der Waals surface area contributed by atoms with E-state index in [0.717, 1.165) is 0 Å². The number of hydrogen-bond acceptors (Lipinski definition) is 14. The highest BCUT2D eigenvalue weighted by atomic mass is 16.6. The van der Waals surface area contributed by atoms with Crippen LogP contribution in [0.3, 0.4) is 0 Å². The molecule has 0 unspecified atom stereocenters. The molecular weight excluding hydrogens is 742 g/mol. The predicted molar refractivity (Wildman–Crippen MR) is 213 cm³/mol. The average Bonchev–Trinajstić information content (AvgIpc) is 3.55. The van der Waals surface area contributed by atoms with Crippen molar-refractivity contribution in [1.29, 1.82) is 0 Å². The molecule has 1 amide bonds. The average molecular weight is 808 g/mol. The zero-order valence-corrected chi connectivity index (χ0v) is 33.6. The van der Waals surface area contributed by atoms with Gasteiger partial charge in [0.05, 0.1) is 159 Å². The number of benzene rings is 2. The summed E-state index contributed by atoms with van der Waals surface area (Å²) in [5.74, 6) is 0.0352. The van der Waals surface area contributed by atoms with E-state index < -0.39 is 6.09 Å². The summed E-state index contributed by atoms with van der Waals surface area (Å²) in [6.45, 7) is 16.0. The normalized spacial score (nSPS) is 12.1. The Balaban J connectivity index is 0.932. The van der Waals surface area contributed by atoms with Gasteiger partial charge in [-0.25, -0.2) is 4.79 Å². The van der Waals surface area contributed by atoms with Gasteiger partial charge in [0.2, 0.25) is 0 Å². The fourth-order valence-electron chi connectivity index (χ4n) is 5.46. The zero-order chi connectivity index (χ0) is 40.1. The first-order valence-corrected chi connectivity index (χ1v) is 19.9. The van der Waals surface area contributed by atoms with E-state index in [1.54, 1.807) is 6.08 Å². The minimum atomic E-state index is -0.454. The van der Waals surface area contributed by atoms with Gasteiger partial charge in [0.25, 0.3) is 0 Å². The molecule has 0 saturated carbocycles. The lowest BCUT2D eigenvalue weighted by atomic mass is 9.98. The first-order valence-electron chi connectivity index (χ1n) is 19.9. The molecule has 3 rings (SSSR count). The van der Waals surface area contributed by atoms with Crippen LogP contribution in [0.2, 0.25) is 0 Å². The van der Waals surface area contributed by atoms with Gasteiger partial charge in [0, 0.05) is 12.5 Å². The first kappa shape index (κ1) is 48.3. The fraction of sp³-hybridized carbons (Fsp3) is 0.643. The van der Waals surface area contributed by atoms with E-state index in [-0.39, 0.29) is 12.5 Å². The quantitative estimate of drug-likeness (QED) is 0.0767. The number of carbonyl (C=O) groups excluding carboxylic acids is 1. The van der Waals surface area contributed by atoms with Crippen LogP contribution in [-0.2, 0) is 61.6 Å². The van der Waals surface area contributed by atoms with E-state index >= 15 is 0 Å². The van der Waals surface area contributed by atoms with Crippen LogP contribution in [0.5, 0.6) is 0 Å². The number of amides is 1. The molecule has 57 heavy (non-hydrogen) atoms. The SMILES string of the molecule is C=CCOCCOCCOCCOCCOCCOCCOCCOCCOCCOCCOCCOCCNC(=O)OCC1c2ccccc2-c2ccccc21. The van der Waals surface area contributed by atoms with Crippen LogP contribution >= 0.6 is 0 Å². The van der Waals surface area contributed by atoms with Crippen LogP contribution < -0.4 is 5.32 Å². The highest BCUT2D eigenvalue weighted by molar-refractivity contribution is 5.79. The van der Waals surface area contributed by atoms with Crippen LogP contribution in [-0.4, -0.2) is 178 Å². The van der Waals surface area contributed by atoms with E-state index in [1.807, 2.05) is 24.3 Å². The Morgan fingerprint density at radius 3 is 1.09 bits per heavy atom. The Morgan fingerprint density at radius 2 is 0.754 bits per heavy atom. The number of fused-ring (bicyclic) bond motifs is 3. The van der Waals surface area contributed by atoms with Gasteiger partial charge < -0.3 is 66.9 Å². The van der Waals surface area contributed by atoms with Gasteiger partial charge in [0.1, 0.15) is 6.61 Å². The topological polar surface area (TPSA) is 149 Å². The van der Waals surface area contributed by atoms with Crippen LogP contribution in [0.15, 0.2) is 61.2 Å². The second-order valence-electron chi connectivity index (χ2n) is 12.4. The molecule has 1 aliphatic carbocycles. The third-order valence-corrected chi connectivity index (χ3v) is 8.19. The highest BCUT2D eigenvalue weighted by Crippen LogP contribution is 2.44. The number of hydrogen-bond donors (Lipinski definition) is 1. The Bertz CT molecular complexity index is 1230. The number of alkyl carbamates (subject to hydrolysis) is 1. The van der Waals surface area contributed by atoms with Crippen LogP contribution in [0.4, 0.5) is 4.79 Å². The molecule has 2 aromatic rings. The predicted octanol–water partition coefficient (Wildman–Crippen LogP) is 3.91. The van der Waals surface area contributed by atoms with Gasteiger partial charge in [-0.2, -0.15) is 0 Å². The molecule has 2 aromatic carbocycles. The summed E-state index contributed by atoms with van der Waals surface area (Å²) in [5, 5.41) is 2.74. The molecular formula is C42H65NO14. The molecule has 0 atom stereocenters. The van der Waals surface area contributed by atoms with Crippen LogP contribution in [0, 0.1) is 0 Å². The summed E-state index contributed by atoms with van der Waals surface area (Å²) < 4.78 is 71.1. The van der Waals surface area contributed by atoms with Gasteiger partial charge in [-0.05, 0) is 22.3 Å². The lowest BCUT2D eigenvalue weighted by Gasteiger charge is -2.14. The monoisotopic (exact) mass is 807 g/mol. The number of rotatable bonds is 40. The van der Waals surface area contributed by atoms with Crippen molar-refractivity contribution in [2.24, 2.45) is 0 Å². The molecule has 15 nitrogen and oxygen atoms in total. The summed E-state index contributed by atoms with van der Waals surface area (Å²) in [6, 6.07) is 16.5. The number of ether oxygens (including phenoxy) is 13. The summed E-state index contributed by atoms with van der Waals surface area (Å²) in [5.41, 5.74) is 4.77. The Morgan fingerprint density at radius 1 is 0.456 bits per heavy atom. The van der Waals surface area contributed by atoms with Gasteiger partial charge >= 0.3 is 6.09 Å². The molecule has 0 bridgehead atoms. The van der Waals surface area contributed by atoms with Crippen molar-refractivity contribution in [3.05, 3.63) is 72.3 Å². The molecule has 0 aliphatic heterocycles. The minimum Gasteiger partial charge on any atom is -0.449 e. The second-order valence-corrected chi connectivity index (χ2v) is 12.4. The van der Waals surface area contributed by atoms with Crippen molar-refractivity contribution in [2.45, 2.75) is 5.92 Å². The molecule has 15 heteroatoms. The van der Waals surface area contributed by atoms with Crippen molar-refractivity contribution < 1.29 is 66.4 Å². The number of nitrogens with one attached hydrogen (secondary N) is 1. The fourth-order valence-corrected chi connectivity index (χ4v) is 5.46. The standard InChI is InChI=1S/C42H65NO14/c1-2-12-45-14-16-47-18-20-49-22-24-51-26-28-53-30-32-55-34-35-56-33-31-54-29-27-52-25-23-50-21-19-48-17-15-46-13-11-43-42(44)57-36-41-39-9-5-3-7-37(39)38-8-4-6-10-40(38)41/h2-10,41H,1,11-36H2,(H,43,44). The maximum atomic E-state index is 12.3. The minimum absolute atomic E-state index is 0.0352. The third kappa shape index (κ3) is 23.8. The molecule has 0 heterocycles. The Hall–Kier alpha value is -3.03. The second kappa shape index (κ2) is 35.0. The van der Waals surface area contributed by atoms with Crippen molar-refractivity contribution in [3.63, 3.8) is 0 Å². The number of carbonyl (C=O) groups is 1. The third-order valence-electron chi connectivity index (χ3n) is 8.19. The lowest BCUT2D eigenvalue weighted by molar-refractivity contribution is -0.0281. The lowest BCUT2D eigenvalue weighted by Crippen LogP contribution is -2.29. The first-order chi connectivity index (χ1) is 28.3. The summed E-state index contributed by atoms with van der Waals surface area (Å²) >= 11 is 0. The molecule has 0 aromatic heterocycles. The van der Waals surface area contributed by atoms with Crippen molar-refractivity contribution in [2.75, 3.05) is 172 Å². The molecule has 0 radical (unpaired) electrons. The van der Waals surface area contributed by atoms with Crippen molar-refractivity contribution in [3.8, 4) is 11.1 Å². The molecule has 1 aliphatic rings. The van der Waals surface area contributed by atoms with Gasteiger partial charge in [-0.3, -0.25) is 0 Å². The van der Waals surface area contributed by atoms with Gasteiger partial charge in [0.15, 0.2) is 0 Å².